The van der Waals surface area contributed by atoms with Crippen molar-refractivity contribution in [2.75, 3.05) is 53.2 Å². The van der Waals surface area contributed by atoms with Crippen molar-refractivity contribution < 1.29 is 14.2 Å². The largest absolute Gasteiger partial charge is 0.493 e. The topological polar surface area (TPSA) is 64.1 Å². The first-order valence-corrected chi connectivity index (χ1v) is 10.1. The van der Waals surface area contributed by atoms with Gasteiger partial charge >= 0.3 is 0 Å². The van der Waals surface area contributed by atoms with Crippen molar-refractivity contribution in [2.45, 2.75) is 32.6 Å². The van der Waals surface area contributed by atoms with Gasteiger partial charge in [0.1, 0.15) is 5.75 Å². The van der Waals surface area contributed by atoms with Gasteiger partial charge < -0.3 is 24.8 Å². The van der Waals surface area contributed by atoms with E-state index in [0.29, 0.717) is 12.5 Å². The Balaban J connectivity index is 0.00000392. The maximum atomic E-state index is 5.80. The summed E-state index contributed by atoms with van der Waals surface area (Å²) in [7, 11) is 1.79. The molecule has 2 rings (SSSR count). The highest BCUT2D eigenvalue weighted by molar-refractivity contribution is 14.0. The van der Waals surface area contributed by atoms with Crippen molar-refractivity contribution in [3.63, 3.8) is 0 Å². The smallest absolute Gasteiger partial charge is 0.190 e. The van der Waals surface area contributed by atoms with E-state index in [1.807, 2.05) is 18.2 Å². The van der Waals surface area contributed by atoms with Gasteiger partial charge in [-0.05, 0) is 50.2 Å². The summed E-state index contributed by atoms with van der Waals surface area (Å²) in [6.07, 6.45) is 4.15. The van der Waals surface area contributed by atoms with Crippen molar-refractivity contribution in [3.05, 3.63) is 29.8 Å². The lowest BCUT2D eigenvalue weighted by atomic mass is 10.0. The summed E-state index contributed by atoms with van der Waals surface area (Å²) in [6.45, 7) is 7.84. The molecule has 0 radical (unpaired) electrons. The highest BCUT2D eigenvalue weighted by Crippen LogP contribution is 2.16. The number of ether oxygens (including phenoxy) is 3. The number of nitrogens with zero attached hydrogens (tertiary/aromatic N) is 1. The van der Waals surface area contributed by atoms with Crippen LogP contribution in [0.5, 0.6) is 5.75 Å². The van der Waals surface area contributed by atoms with Crippen LogP contribution in [0, 0.1) is 12.8 Å². The van der Waals surface area contributed by atoms with E-state index in [0.717, 1.165) is 76.9 Å². The van der Waals surface area contributed by atoms with Gasteiger partial charge in [0.2, 0.25) is 0 Å². The molecule has 0 saturated carbocycles. The first-order valence-electron chi connectivity index (χ1n) is 10.1. The van der Waals surface area contributed by atoms with E-state index in [4.69, 9.17) is 14.2 Å². The number of hydrogen-bond donors (Lipinski definition) is 2. The van der Waals surface area contributed by atoms with Crippen LogP contribution in [0.4, 0.5) is 0 Å². The van der Waals surface area contributed by atoms with Crippen LogP contribution in [0.25, 0.3) is 0 Å². The molecule has 1 heterocycles. The Hall–Kier alpha value is -1.06. The lowest BCUT2D eigenvalue weighted by Crippen LogP contribution is -2.38. The van der Waals surface area contributed by atoms with Crippen LogP contribution < -0.4 is 15.4 Å². The van der Waals surface area contributed by atoms with Crippen molar-refractivity contribution in [3.8, 4) is 5.75 Å². The first-order chi connectivity index (χ1) is 13.3. The number of aryl methyl sites for hydroxylation is 1. The first kappa shape index (κ1) is 25.0. The van der Waals surface area contributed by atoms with Gasteiger partial charge in [0.25, 0.3) is 0 Å². The summed E-state index contributed by atoms with van der Waals surface area (Å²) in [5.41, 5.74) is 1.17. The Morgan fingerprint density at radius 3 is 2.46 bits per heavy atom. The molecule has 0 bridgehead atoms. The van der Waals surface area contributed by atoms with Crippen LogP contribution in [0.15, 0.2) is 29.3 Å². The maximum absolute atomic E-state index is 5.80. The second kappa shape index (κ2) is 15.8. The van der Waals surface area contributed by atoms with E-state index in [-0.39, 0.29) is 24.0 Å². The van der Waals surface area contributed by atoms with Gasteiger partial charge in [-0.2, -0.15) is 0 Å². The minimum absolute atomic E-state index is 0. The van der Waals surface area contributed by atoms with E-state index < -0.39 is 0 Å². The van der Waals surface area contributed by atoms with E-state index >= 15 is 0 Å². The van der Waals surface area contributed by atoms with Gasteiger partial charge in [-0.15, -0.1) is 24.0 Å². The number of aliphatic imine (C=N–C) groups is 1. The van der Waals surface area contributed by atoms with Gasteiger partial charge in [0, 0.05) is 46.6 Å². The van der Waals surface area contributed by atoms with E-state index in [1.165, 1.54) is 5.56 Å². The SMILES string of the molecule is CN=C(NCCCOCC1CCOCC1)NCCCOc1ccccc1C.I. The third-order valence-electron chi connectivity index (χ3n) is 4.64. The fraction of sp³-hybridized carbons (Fsp3) is 0.667. The molecule has 0 atom stereocenters. The summed E-state index contributed by atoms with van der Waals surface area (Å²) < 4.78 is 16.9. The summed E-state index contributed by atoms with van der Waals surface area (Å²) in [6, 6.07) is 8.09. The lowest BCUT2D eigenvalue weighted by molar-refractivity contribution is 0.0203. The Morgan fingerprint density at radius 2 is 1.79 bits per heavy atom. The summed E-state index contributed by atoms with van der Waals surface area (Å²) in [4.78, 5) is 4.25. The van der Waals surface area contributed by atoms with E-state index in [9.17, 15) is 0 Å². The van der Waals surface area contributed by atoms with Crippen molar-refractivity contribution >= 4 is 29.9 Å². The normalized spacial score (nSPS) is 15.0. The molecule has 1 aliphatic heterocycles. The highest BCUT2D eigenvalue weighted by atomic mass is 127. The minimum Gasteiger partial charge on any atom is -0.493 e. The zero-order valence-corrected chi connectivity index (χ0v) is 19.6. The molecule has 2 N–H and O–H groups in total. The Morgan fingerprint density at radius 1 is 1.11 bits per heavy atom. The van der Waals surface area contributed by atoms with Crippen LogP contribution >= 0.6 is 24.0 Å². The monoisotopic (exact) mass is 505 g/mol. The Kier molecular flexibility index (Phi) is 14.1. The van der Waals surface area contributed by atoms with Gasteiger partial charge in [0.15, 0.2) is 5.96 Å². The molecule has 0 aromatic heterocycles. The van der Waals surface area contributed by atoms with Crippen LogP contribution in [0.3, 0.4) is 0 Å². The molecule has 1 aliphatic rings. The number of benzene rings is 1. The minimum atomic E-state index is 0. The van der Waals surface area contributed by atoms with Crippen molar-refractivity contribution in [1.82, 2.24) is 10.6 Å². The van der Waals surface area contributed by atoms with Gasteiger partial charge in [-0.25, -0.2) is 0 Å². The zero-order chi connectivity index (χ0) is 19.2. The number of para-hydroxylation sites is 1. The fourth-order valence-corrected chi connectivity index (χ4v) is 2.94. The summed E-state index contributed by atoms with van der Waals surface area (Å²) in [5.74, 6) is 2.46. The van der Waals surface area contributed by atoms with Gasteiger partial charge in [-0.3, -0.25) is 4.99 Å². The molecule has 160 valence electrons. The highest BCUT2D eigenvalue weighted by Gasteiger charge is 2.13. The predicted molar refractivity (Wildman–Crippen MR) is 125 cm³/mol. The Bertz CT molecular complexity index is 551. The molecule has 1 saturated heterocycles. The number of halogens is 1. The van der Waals surface area contributed by atoms with Gasteiger partial charge in [-0.1, -0.05) is 18.2 Å². The van der Waals surface area contributed by atoms with Gasteiger partial charge in [0.05, 0.1) is 6.61 Å². The molecule has 7 heteroatoms. The summed E-state index contributed by atoms with van der Waals surface area (Å²) >= 11 is 0. The van der Waals surface area contributed by atoms with E-state index in [1.54, 1.807) is 7.05 Å². The molecule has 28 heavy (non-hydrogen) atoms. The van der Waals surface area contributed by atoms with Crippen LogP contribution in [-0.2, 0) is 9.47 Å². The van der Waals surface area contributed by atoms with Crippen molar-refractivity contribution in [1.29, 1.82) is 0 Å². The van der Waals surface area contributed by atoms with Crippen LogP contribution in [-0.4, -0.2) is 59.1 Å². The van der Waals surface area contributed by atoms with Crippen LogP contribution in [0.1, 0.15) is 31.2 Å². The second-order valence-electron chi connectivity index (χ2n) is 6.88. The molecule has 0 unspecified atom stereocenters. The molecule has 0 amide bonds. The average molecular weight is 505 g/mol. The molecule has 1 fully saturated rings. The second-order valence-corrected chi connectivity index (χ2v) is 6.88. The molecular weight excluding hydrogens is 469 g/mol. The lowest BCUT2D eigenvalue weighted by Gasteiger charge is -2.21. The maximum Gasteiger partial charge on any atom is 0.190 e. The standard InChI is InChI=1S/C21H35N3O3.HI/c1-18-7-3-4-8-20(18)27-14-6-12-24-21(22-2)23-11-5-13-26-17-19-9-15-25-16-10-19;/h3-4,7-8,19H,5-6,9-17H2,1-2H3,(H2,22,23,24);1H. The molecule has 1 aromatic carbocycles. The van der Waals surface area contributed by atoms with Crippen molar-refractivity contribution in [2.24, 2.45) is 10.9 Å². The molecule has 0 spiro atoms. The molecule has 6 nitrogen and oxygen atoms in total. The van der Waals surface area contributed by atoms with E-state index in [2.05, 4.69) is 28.6 Å². The molecule has 1 aromatic rings. The fourth-order valence-electron chi connectivity index (χ4n) is 2.94. The number of rotatable bonds is 11. The molecule has 0 aliphatic carbocycles. The Labute approximate surface area is 186 Å². The summed E-state index contributed by atoms with van der Waals surface area (Å²) in [5, 5.41) is 6.64. The third-order valence-corrected chi connectivity index (χ3v) is 4.64. The zero-order valence-electron chi connectivity index (χ0n) is 17.2. The number of hydrogen-bond acceptors (Lipinski definition) is 4. The molecular formula is C21H36IN3O3. The third kappa shape index (κ3) is 10.5. The number of nitrogens with one attached hydrogen (secondary N) is 2. The quantitative estimate of drug-likeness (QED) is 0.209. The number of guanidine groups is 1. The average Bonchev–Trinajstić information content (AvgIpc) is 2.70. The van der Waals surface area contributed by atoms with Crippen LogP contribution in [0.2, 0.25) is 0 Å². The predicted octanol–water partition coefficient (Wildman–Crippen LogP) is 3.38.